The molecule has 0 heteroatoms. The van der Waals surface area contributed by atoms with Gasteiger partial charge >= 0.3 is 0 Å². The summed E-state index contributed by atoms with van der Waals surface area (Å²) in [4.78, 5) is 0. The molecule has 0 N–H and O–H groups in total. The zero-order valence-corrected chi connectivity index (χ0v) is 12.9. The monoisotopic (exact) mass is 254 g/mol. The summed E-state index contributed by atoms with van der Waals surface area (Å²) in [5, 5.41) is 0. The molecule has 0 amide bonds. The SMILES string of the molecule is CC.CC(C)(C)Cc1ccccc1-c1ccccc1. The van der Waals surface area contributed by atoms with E-state index in [4.69, 9.17) is 0 Å². The van der Waals surface area contributed by atoms with E-state index in [0.717, 1.165) is 6.42 Å². The maximum absolute atomic E-state index is 2.29. The highest BCUT2D eigenvalue weighted by atomic mass is 14.2. The minimum atomic E-state index is 0.324. The van der Waals surface area contributed by atoms with Crippen LogP contribution in [0, 0.1) is 5.41 Å². The Bertz CT molecular complexity index is 475. The van der Waals surface area contributed by atoms with Gasteiger partial charge in [-0.05, 0) is 28.5 Å². The number of hydrogen-bond donors (Lipinski definition) is 0. The van der Waals surface area contributed by atoms with Crippen LogP contribution in [0.4, 0.5) is 0 Å². The van der Waals surface area contributed by atoms with Crippen molar-refractivity contribution in [1.82, 2.24) is 0 Å². The predicted octanol–water partition coefficient (Wildman–Crippen LogP) is 5.97. The molecule has 0 aliphatic carbocycles. The van der Waals surface area contributed by atoms with Gasteiger partial charge < -0.3 is 0 Å². The number of benzene rings is 2. The predicted molar refractivity (Wildman–Crippen MR) is 86.4 cm³/mol. The van der Waals surface area contributed by atoms with Crippen LogP contribution in [0.1, 0.15) is 40.2 Å². The van der Waals surface area contributed by atoms with Crippen molar-refractivity contribution in [2.45, 2.75) is 41.0 Å². The van der Waals surface area contributed by atoms with Crippen LogP contribution in [0.15, 0.2) is 54.6 Å². The van der Waals surface area contributed by atoms with Crippen LogP contribution in [0.25, 0.3) is 11.1 Å². The lowest BCUT2D eigenvalue weighted by molar-refractivity contribution is 0.412. The van der Waals surface area contributed by atoms with Crippen LogP contribution in [-0.2, 0) is 6.42 Å². The molecule has 0 nitrogen and oxygen atoms in total. The normalized spacial score (nSPS) is 10.6. The standard InChI is InChI=1S/C17H20.C2H6/c1-17(2,3)13-15-11-7-8-12-16(15)14-9-5-4-6-10-14;1-2/h4-12H,13H2,1-3H3;1-2H3. The van der Waals surface area contributed by atoms with Gasteiger partial charge in [-0.25, -0.2) is 0 Å². The largest absolute Gasteiger partial charge is 0.0683 e. The molecule has 0 aromatic heterocycles. The maximum atomic E-state index is 2.29. The Morgan fingerprint density at radius 2 is 1.26 bits per heavy atom. The molecular formula is C19H26. The van der Waals surface area contributed by atoms with E-state index < -0.39 is 0 Å². The molecule has 0 heterocycles. The van der Waals surface area contributed by atoms with Gasteiger partial charge in [0, 0.05) is 0 Å². The summed E-state index contributed by atoms with van der Waals surface area (Å²) in [5.41, 5.74) is 4.44. The molecule has 0 spiro atoms. The van der Waals surface area contributed by atoms with Crippen LogP contribution < -0.4 is 0 Å². The smallest absolute Gasteiger partial charge is 0.0152 e. The van der Waals surface area contributed by atoms with Gasteiger partial charge in [0.15, 0.2) is 0 Å². The van der Waals surface area contributed by atoms with Crippen molar-refractivity contribution >= 4 is 0 Å². The van der Waals surface area contributed by atoms with E-state index in [2.05, 4.69) is 75.4 Å². The third-order valence-corrected chi connectivity index (χ3v) is 2.82. The second-order valence-electron chi connectivity index (χ2n) is 5.76. The molecule has 0 aliphatic heterocycles. The molecule has 0 saturated heterocycles. The summed E-state index contributed by atoms with van der Waals surface area (Å²) in [7, 11) is 0. The van der Waals surface area contributed by atoms with Gasteiger partial charge in [0.05, 0.1) is 0 Å². The molecule has 0 unspecified atom stereocenters. The Hall–Kier alpha value is -1.56. The topological polar surface area (TPSA) is 0 Å². The Balaban J connectivity index is 0.000000861. The van der Waals surface area contributed by atoms with Crippen molar-refractivity contribution in [3.8, 4) is 11.1 Å². The maximum Gasteiger partial charge on any atom is -0.0152 e. The van der Waals surface area contributed by atoms with Crippen molar-refractivity contribution in [3.63, 3.8) is 0 Å². The first-order valence-corrected chi connectivity index (χ1v) is 7.20. The third kappa shape index (κ3) is 4.90. The van der Waals surface area contributed by atoms with Crippen molar-refractivity contribution in [2.24, 2.45) is 5.41 Å². The minimum Gasteiger partial charge on any atom is -0.0683 e. The lowest BCUT2D eigenvalue weighted by Gasteiger charge is -2.20. The summed E-state index contributed by atoms with van der Waals surface area (Å²) < 4.78 is 0. The fraction of sp³-hybridized carbons (Fsp3) is 0.368. The van der Waals surface area contributed by atoms with Crippen LogP contribution in [0.3, 0.4) is 0 Å². The van der Waals surface area contributed by atoms with E-state index in [1.807, 2.05) is 13.8 Å². The van der Waals surface area contributed by atoms with Crippen molar-refractivity contribution < 1.29 is 0 Å². The highest BCUT2D eigenvalue weighted by molar-refractivity contribution is 5.67. The van der Waals surface area contributed by atoms with Crippen LogP contribution in [0.5, 0.6) is 0 Å². The molecule has 0 fully saturated rings. The molecule has 2 rings (SSSR count). The van der Waals surface area contributed by atoms with Gasteiger partial charge in [-0.1, -0.05) is 89.2 Å². The lowest BCUT2D eigenvalue weighted by Crippen LogP contribution is -2.09. The van der Waals surface area contributed by atoms with Crippen molar-refractivity contribution in [1.29, 1.82) is 0 Å². The summed E-state index contributed by atoms with van der Waals surface area (Å²) in [6.45, 7) is 10.9. The molecule has 19 heavy (non-hydrogen) atoms. The highest BCUT2D eigenvalue weighted by Crippen LogP contribution is 2.29. The molecule has 0 aliphatic rings. The summed E-state index contributed by atoms with van der Waals surface area (Å²) >= 11 is 0. The fourth-order valence-electron chi connectivity index (χ4n) is 2.15. The molecule has 0 radical (unpaired) electrons. The van der Waals surface area contributed by atoms with Crippen LogP contribution in [0.2, 0.25) is 0 Å². The summed E-state index contributed by atoms with van der Waals surface area (Å²) in [6.07, 6.45) is 1.11. The fourth-order valence-corrected chi connectivity index (χ4v) is 2.15. The third-order valence-electron chi connectivity index (χ3n) is 2.82. The van der Waals surface area contributed by atoms with Gasteiger partial charge in [-0.2, -0.15) is 0 Å². The highest BCUT2D eigenvalue weighted by Gasteiger charge is 2.14. The molecular weight excluding hydrogens is 228 g/mol. The van der Waals surface area contributed by atoms with Gasteiger partial charge in [0.2, 0.25) is 0 Å². The zero-order chi connectivity index (χ0) is 14.3. The van der Waals surface area contributed by atoms with Crippen LogP contribution in [-0.4, -0.2) is 0 Å². The van der Waals surface area contributed by atoms with E-state index >= 15 is 0 Å². The Kier molecular flexibility index (Phi) is 5.82. The van der Waals surface area contributed by atoms with Gasteiger partial charge in [0.25, 0.3) is 0 Å². The summed E-state index contributed by atoms with van der Waals surface area (Å²) in [5.74, 6) is 0. The first-order valence-electron chi connectivity index (χ1n) is 7.20. The second-order valence-corrected chi connectivity index (χ2v) is 5.76. The van der Waals surface area contributed by atoms with Gasteiger partial charge in [-0.3, -0.25) is 0 Å². The molecule has 0 bridgehead atoms. The average Bonchev–Trinajstić information content (AvgIpc) is 2.41. The summed E-state index contributed by atoms with van der Waals surface area (Å²) in [6, 6.07) is 19.3. The van der Waals surface area contributed by atoms with E-state index in [-0.39, 0.29) is 0 Å². The first-order chi connectivity index (χ1) is 9.06. The first kappa shape index (κ1) is 15.5. The Morgan fingerprint density at radius 3 is 1.84 bits per heavy atom. The van der Waals surface area contributed by atoms with Crippen molar-refractivity contribution in [3.05, 3.63) is 60.2 Å². The quantitative estimate of drug-likeness (QED) is 0.619. The number of hydrogen-bond acceptors (Lipinski definition) is 0. The van der Waals surface area contributed by atoms with E-state index in [1.165, 1.54) is 16.7 Å². The zero-order valence-electron chi connectivity index (χ0n) is 12.9. The lowest BCUT2D eigenvalue weighted by atomic mass is 9.85. The van der Waals surface area contributed by atoms with Gasteiger partial charge in [-0.15, -0.1) is 0 Å². The van der Waals surface area contributed by atoms with E-state index in [1.54, 1.807) is 0 Å². The van der Waals surface area contributed by atoms with E-state index in [9.17, 15) is 0 Å². The molecule has 102 valence electrons. The molecule has 0 atom stereocenters. The number of rotatable bonds is 2. The molecule has 0 saturated carbocycles. The van der Waals surface area contributed by atoms with Crippen LogP contribution >= 0.6 is 0 Å². The van der Waals surface area contributed by atoms with Crippen molar-refractivity contribution in [2.75, 3.05) is 0 Å². The minimum absolute atomic E-state index is 0.324. The molecule has 2 aromatic rings. The average molecular weight is 254 g/mol. The second kappa shape index (κ2) is 7.13. The Morgan fingerprint density at radius 1 is 0.737 bits per heavy atom. The van der Waals surface area contributed by atoms with E-state index in [0.29, 0.717) is 5.41 Å². The Labute approximate surface area is 118 Å². The van der Waals surface area contributed by atoms with Gasteiger partial charge in [0.1, 0.15) is 0 Å². The molecule has 2 aromatic carbocycles.